The lowest BCUT2D eigenvalue weighted by Gasteiger charge is -2.17. The Balaban J connectivity index is 2.35. The number of carbonyl (C=O) groups excluding carboxylic acids is 1. The molecular weight excluding hydrogens is 306 g/mol. The minimum absolute atomic E-state index is 0.0648. The molecule has 0 aliphatic rings. The number of hydrogen-bond acceptors (Lipinski definition) is 4. The van der Waals surface area contributed by atoms with Crippen LogP contribution in [0.15, 0.2) is 53.3 Å². The van der Waals surface area contributed by atoms with E-state index in [4.69, 9.17) is 5.21 Å². The molecule has 1 aromatic heterocycles. The molecule has 0 radical (unpaired) electrons. The first-order valence-corrected chi connectivity index (χ1v) is 7.59. The SMILES string of the molecule is CC(C)n1c(-c2ccccc2)nc2cc(C(=O)NO)ccc2c1=O. The monoisotopic (exact) mass is 323 g/mol. The molecule has 6 heteroatoms. The summed E-state index contributed by atoms with van der Waals surface area (Å²) in [5.74, 6) is -0.0994. The molecule has 0 fully saturated rings. The molecule has 2 N–H and O–H groups in total. The van der Waals surface area contributed by atoms with E-state index >= 15 is 0 Å². The number of carbonyl (C=O) groups is 1. The Morgan fingerprint density at radius 3 is 2.50 bits per heavy atom. The van der Waals surface area contributed by atoms with Crippen LogP contribution < -0.4 is 11.0 Å². The van der Waals surface area contributed by atoms with Crippen molar-refractivity contribution in [2.24, 2.45) is 0 Å². The van der Waals surface area contributed by atoms with Crippen molar-refractivity contribution in [3.05, 3.63) is 64.4 Å². The van der Waals surface area contributed by atoms with E-state index in [9.17, 15) is 9.59 Å². The van der Waals surface area contributed by atoms with Crippen LogP contribution in [0.5, 0.6) is 0 Å². The van der Waals surface area contributed by atoms with Crippen LogP contribution >= 0.6 is 0 Å². The van der Waals surface area contributed by atoms with Crippen molar-refractivity contribution in [1.82, 2.24) is 15.0 Å². The van der Waals surface area contributed by atoms with Gasteiger partial charge in [0.25, 0.3) is 11.5 Å². The van der Waals surface area contributed by atoms with Gasteiger partial charge in [0.1, 0.15) is 5.82 Å². The first-order chi connectivity index (χ1) is 11.5. The van der Waals surface area contributed by atoms with E-state index in [1.54, 1.807) is 16.1 Å². The van der Waals surface area contributed by atoms with Crippen LogP contribution in [0, 0.1) is 0 Å². The van der Waals surface area contributed by atoms with Crippen LogP contribution in [0.4, 0.5) is 0 Å². The largest absolute Gasteiger partial charge is 0.290 e. The maximum absolute atomic E-state index is 12.9. The maximum atomic E-state index is 12.9. The van der Waals surface area contributed by atoms with Gasteiger partial charge in [-0.3, -0.25) is 19.4 Å². The van der Waals surface area contributed by atoms with Crippen molar-refractivity contribution in [3.63, 3.8) is 0 Å². The van der Waals surface area contributed by atoms with Crippen LogP contribution in [0.2, 0.25) is 0 Å². The van der Waals surface area contributed by atoms with Gasteiger partial charge in [0.05, 0.1) is 10.9 Å². The lowest BCUT2D eigenvalue weighted by molar-refractivity contribution is 0.0706. The van der Waals surface area contributed by atoms with Gasteiger partial charge in [0.2, 0.25) is 0 Å². The summed E-state index contributed by atoms with van der Waals surface area (Å²) in [5.41, 5.74) is 2.89. The van der Waals surface area contributed by atoms with Gasteiger partial charge in [-0.1, -0.05) is 30.3 Å². The Morgan fingerprint density at radius 1 is 1.17 bits per heavy atom. The Hall–Kier alpha value is -2.99. The average molecular weight is 323 g/mol. The van der Waals surface area contributed by atoms with Gasteiger partial charge in [-0.25, -0.2) is 10.5 Å². The van der Waals surface area contributed by atoms with E-state index in [-0.39, 0.29) is 17.2 Å². The minimum Gasteiger partial charge on any atom is -0.290 e. The zero-order valence-corrected chi connectivity index (χ0v) is 13.4. The first-order valence-electron chi connectivity index (χ1n) is 7.59. The molecule has 24 heavy (non-hydrogen) atoms. The molecule has 3 rings (SSSR count). The third kappa shape index (κ3) is 2.68. The van der Waals surface area contributed by atoms with Crippen LogP contribution in [0.25, 0.3) is 22.3 Å². The zero-order chi connectivity index (χ0) is 17.3. The topological polar surface area (TPSA) is 84.2 Å². The fourth-order valence-corrected chi connectivity index (χ4v) is 2.67. The summed E-state index contributed by atoms with van der Waals surface area (Å²) < 4.78 is 1.64. The molecule has 2 aromatic carbocycles. The smallest absolute Gasteiger partial charge is 0.274 e. The maximum Gasteiger partial charge on any atom is 0.274 e. The molecule has 1 heterocycles. The molecule has 0 spiro atoms. The molecular formula is C18H17N3O3. The van der Waals surface area contributed by atoms with E-state index in [0.717, 1.165) is 5.56 Å². The molecule has 0 bridgehead atoms. The quantitative estimate of drug-likeness (QED) is 0.573. The fraction of sp³-hybridized carbons (Fsp3) is 0.167. The zero-order valence-electron chi connectivity index (χ0n) is 13.4. The highest BCUT2D eigenvalue weighted by atomic mass is 16.5. The van der Waals surface area contributed by atoms with Gasteiger partial charge in [-0.05, 0) is 32.0 Å². The number of amides is 1. The lowest BCUT2D eigenvalue weighted by atomic mass is 10.1. The Morgan fingerprint density at radius 2 is 1.88 bits per heavy atom. The van der Waals surface area contributed by atoms with Gasteiger partial charge in [-0.2, -0.15) is 0 Å². The second-order valence-corrected chi connectivity index (χ2v) is 5.74. The van der Waals surface area contributed by atoms with Crippen LogP contribution in [0.3, 0.4) is 0 Å². The van der Waals surface area contributed by atoms with Crippen molar-refractivity contribution >= 4 is 16.8 Å². The van der Waals surface area contributed by atoms with Crippen molar-refractivity contribution in [3.8, 4) is 11.4 Å². The van der Waals surface area contributed by atoms with Crippen molar-refractivity contribution < 1.29 is 10.0 Å². The van der Waals surface area contributed by atoms with Gasteiger partial charge in [0.15, 0.2) is 0 Å². The van der Waals surface area contributed by atoms with Crippen LogP contribution in [0.1, 0.15) is 30.2 Å². The van der Waals surface area contributed by atoms with Crippen molar-refractivity contribution in [2.45, 2.75) is 19.9 Å². The lowest BCUT2D eigenvalue weighted by Crippen LogP contribution is -2.25. The summed E-state index contributed by atoms with van der Waals surface area (Å²) >= 11 is 0. The number of nitrogens with zero attached hydrogens (tertiary/aromatic N) is 2. The van der Waals surface area contributed by atoms with E-state index in [1.807, 2.05) is 44.2 Å². The Kier molecular flexibility index (Phi) is 4.14. The predicted octanol–water partition coefficient (Wildman–Crippen LogP) is 2.76. The molecule has 0 aliphatic carbocycles. The van der Waals surface area contributed by atoms with Crippen molar-refractivity contribution in [2.75, 3.05) is 0 Å². The third-order valence-corrected chi connectivity index (χ3v) is 3.81. The van der Waals surface area contributed by atoms with Crippen molar-refractivity contribution in [1.29, 1.82) is 0 Å². The molecule has 0 saturated carbocycles. The summed E-state index contributed by atoms with van der Waals surface area (Å²) in [5, 5.41) is 9.21. The van der Waals surface area contributed by atoms with Crippen LogP contribution in [-0.4, -0.2) is 20.7 Å². The molecule has 1 amide bonds. The van der Waals surface area contributed by atoms with Gasteiger partial charge in [0, 0.05) is 17.2 Å². The number of fused-ring (bicyclic) bond motifs is 1. The van der Waals surface area contributed by atoms with Gasteiger partial charge in [-0.15, -0.1) is 0 Å². The second kappa shape index (κ2) is 6.25. The normalized spacial score (nSPS) is 11.0. The Labute approximate surface area is 138 Å². The van der Waals surface area contributed by atoms with E-state index in [2.05, 4.69) is 4.98 Å². The molecule has 6 nitrogen and oxygen atoms in total. The van der Waals surface area contributed by atoms with E-state index in [0.29, 0.717) is 16.7 Å². The third-order valence-electron chi connectivity index (χ3n) is 3.81. The van der Waals surface area contributed by atoms with Gasteiger partial charge >= 0.3 is 0 Å². The molecule has 0 aliphatic heterocycles. The minimum atomic E-state index is -0.645. The first kappa shape index (κ1) is 15.9. The van der Waals surface area contributed by atoms with E-state index in [1.165, 1.54) is 12.1 Å². The van der Waals surface area contributed by atoms with E-state index < -0.39 is 5.91 Å². The molecule has 0 atom stereocenters. The van der Waals surface area contributed by atoms with Crippen LogP contribution in [-0.2, 0) is 0 Å². The highest BCUT2D eigenvalue weighted by molar-refractivity contribution is 5.97. The summed E-state index contributed by atoms with van der Waals surface area (Å²) in [4.78, 5) is 29.1. The number of hydroxylamine groups is 1. The average Bonchev–Trinajstić information content (AvgIpc) is 2.60. The summed E-state index contributed by atoms with van der Waals surface area (Å²) in [6.07, 6.45) is 0. The number of aromatic nitrogens is 2. The highest BCUT2D eigenvalue weighted by Crippen LogP contribution is 2.22. The molecule has 122 valence electrons. The van der Waals surface area contributed by atoms with Gasteiger partial charge < -0.3 is 0 Å². The summed E-state index contributed by atoms with van der Waals surface area (Å²) in [6, 6.07) is 13.9. The fourth-order valence-electron chi connectivity index (χ4n) is 2.67. The standard InChI is InChI=1S/C18H17N3O3/c1-11(2)21-16(12-6-4-3-5-7-12)19-15-10-13(17(22)20-24)8-9-14(15)18(21)23/h3-11,24H,1-2H3,(H,20,22). The molecule has 3 aromatic rings. The number of hydrogen-bond donors (Lipinski definition) is 2. The number of nitrogens with one attached hydrogen (secondary N) is 1. The molecule has 0 saturated heterocycles. The Bertz CT molecular complexity index is 962. The molecule has 0 unspecified atom stereocenters. The number of rotatable bonds is 3. The number of benzene rings is 2. The highest BCUT2D eigenvalue weighted by Gasteiger charge is 2.16. The predicted molar refractivity (Wildman–Crippen MR) is 91.1 cm³/mol. The second-order valence-electron chi connectivity index (χ2n) is 5.74. The summed E-state index contributed by atoms with van der Waals surface area (Å²) in [7, 11) is 0. The summed E-state index contributed by atoms with van der Waals surface area (Å²) in [6.45, 7) is 3.85.